The van der Waals surface area contributed by atoms with Crippen molar-refractivity contribution in [2.24, 2.45) is 5.73 Å². The molecular weight excluding hydrogens is 294 g/mol. The Morgan fingerprint density at radius 1 is 1.50 bits per heavy atom. The molecule has 1 aromatic rings. The van der Waals surface area contributed by atoms with Gasteiger partial charge >= 0.3 is 0 Å². The van der Waals surface area contributed by atoms with Gasteiger partial charge in [0.25, 0.3) is 0 Å². The summed E-state index contributed by atoms with van der Waals surface area (Å²) in [7, 11) is 0. The number of nitrogens with zero attached hydrogens (tertiary/aromatic N) is 1. The van der Waals surface area contributed by atoms with E-state index in [-0.39, 0.29) is 18.5 Å². The summed E-state index contributed by atoms with van der Waals surface area (Å²) in [6.45, 7) is 1.06. The Labute approximate surface area is 115 Å². The SMILES string of the molecule is N=C(N)c1cc(Br)ccc1N1CCCCC1CO. The number of hydrogen-bond acceptors (Lipinski definition) is 3. The summed E-state index contributed by atoms with van der Waals surface area (Å²) in [5, 5.41) is 17.2. The predicted molar refractivity (Wildman–Crippen MR) is 77.2 cm³/mol. The standard InChI is InChI=1S/C13H18BrN3O/c14-9-4-5-12(11(7-9)13(15)16)17-6-2-1-3-10(17)8-18/h4-5,7,10,18H,1-3,6,8H2,(H3,15,16). The van der Waals surface area contributed by atoms with Crippen molar-refractivity contribution in [2.45, 2.75) is 25.3 Å². The van der Waals surface area contributed by atoms with Gasteiger partial charge in [-0.25, -0.2) is 0 Å². The lowest BCUT2D eigenvalue weighted by Gasteiger charge is -2.37. The number of benzene rings is 1. The molecule has 0 radical (unpaired) electrons. The van der Waals surface area contributed by atoms with Crippen LogP contribution < -0.4 is 10.6 Å². The number of amidine groups is 1. The Hall–Kier alpha value is -1.07. The van der Waals surface area contributed by atoms with Crippen LogP contribution in [0.3, 0.4) is 0 Å². The van der Waals surface area contributed by atoms with Crippen molar-refractivity contribution in [1.29, 1.82) is 5.41 Å². The van der Waals surface area contributed by atoms with Crippen LogP contribution in [0.1, 0.15) is 24.8 Å². The molecular formula is C13H18BrN3O. The molecule has 1 aliphatic heterocycles. The van der Waals surface area contributed by atoms with Gasteiger partial charge in [-0.05, 0) is 37.5 Å². The first-order chi connectivity index (χ1) is 8.63. The van der Waals surface area contributed by atoms with Crippen LogP contribution >= 0.6 is 15.9 Å². The minimum absolute atomic E-state index is 0.0635. The summed E-state index contributed by atoms with van der Waals surface area (Å²) in [6.07, 6.45) is 3.25. The van der Waals surface area contributed by atoms with Crippen LogP contribution in [0.4, 0.5) is 5.69 Å². The van der Waals surface area contributed by atoms with Gasteiger partial charge in [-0.3, -0.25) is 5.41 Å². The van der Waals surface area contributed by atoms with Gasteiger partial charge in [-0.2, -0.15) is 0 Å². The van der Waals surface area contributed by atoms with Gasteiger partial charge in [0, 0.05) is 22.3 Å². The van der Waals surface area contributed by atoms with Crippen LogP contribution in [0.25, 0.3) is 0 Å². The zero-order valence-electron chi connectivity index (χ0n) is 10.2. The van der Waals surface area contributed by atoms with Crippen LogP contribution in [0.5, 0.6) is 0 Å². The fraction of sp³-hybridized carbons (Fsp3) is 0.462. The molecule has 18 heavy (non-hydrogen) atoms. The largest absolute Gasteiger partial charge is 0.394 e. The summed E-state index contributed by atoms with van der Waals surface area (Å²) < 4.78 is 0.911. The Morgan fingerprint density at radius 3 is 2.94 bits per heavy atom. The third kappa shape index (κ3) is 2.67. The molecule has 1 unspecified atom stereocenters. The molecule has 5 heteroatoms. The first-order valence-electron chi connectivity index (χ1n) is 6.15. The minimum Gasteiger partial charge on any atom is -0.394 e. The van der Waals surface area contributed by atoms with Crippen LogP contribution in [0.15, 0.2) is 22.7 Å². The average molecular weight is 312 g/mol. The molecule has 0 bridgehead atoms. The van der Waals surface area contributed by atoms with E-state index in [1.807, 2.05) is 18.2 Å². The number of hydrogen-bond donors (Lipinski definition) is 3. The van der Waals surface area contributed by atoms with Gasteiger partial charge < -0.3 is 15.7 Å². The Bertz CT molecular complexity index is 450. The maximum atomic E-state index is 9.47. The lowest BCUT2D eigenvalue weighted by atomic mass is 10.00. The third-order valence-electron chi connectivity index (χ3n) is 3.40. The van der Waals surface area contributed by atoms with Crippen molar-refractivity contribution in [3.8, 4) is 0 Å². The lowest BCUT2D eigenvalue weighted by molar-refractivity contribution is 0.240. The van der Waals surface area contributed by atoms with E-state index < -0.39 is 0 Å². The topological polar surface area (TPSA) is 73.3 Å². The molecule has 0 aliphatic carbocycles. The van der Waals surface area contributed by atoms with Crippen LogP contribution in [0, 0.1) is 5.41 Å². The molecule has 98 valence electrons. The monoisotopic (exact) mass is 311 g/mol. The molecule has 4 N–H and O–H groups in total. The van der Waals surface area contributed by atoms with E-state index in [9.17, 15) is 5.11 Å². The van der Waals surface area contributed by atoms with E-state index in [1.165, 1.54) is 0 Å². The fourth-order valence-corrected chi connectivity index (χ4v) is 2.84. The summed E-state index contributed by atoms with van der Waals surface area (Å²) in [6, 6.07) is 5.92. The maximum absolute atomic E-state index is 9.47. The molecule has 0 aromatic heterocycles. The van der Waals surface area contributed by atoms with E-state index in [4.69, 9.17) is 11.1 Å². The molecule has 1 aliphatic rings. The molecule has 1 atom stereocenters. The summed E-state index contributed by atoms with van der Waals surface area (Å²) >= 11 is 3.40. The highest BCUT2D eigenvalue weighted by Crippen LogP contribution is 2.29. The second-order valence-electron chi connectivity index (χ2n) is 4.60. The van der Waals surface area contributed by atoms with Gasteiger partial charge in [-0.1, -0.05) is 15.9 Å². The molecule has 1 saturated heterocycles. The molecule has 1 fully saturated rings. The van der Waals surface area contributed by atoms with Gasteiger partial charge in [0.15, 0.2) is 0 Å². The Kier molecular flexibility index (Phi) is 4.24. The molecule has 0 saturated carbocycles. The Morgan fingerprint density at radius 2 is 2.28 bits per heavy atom. The van der Waals surface area contributed by atoms with Crippen molar-refractivity contribution in [3.05, 3.63) is 28.2 Å². The second-order valence-corrected chi connectivity index (χ2v) is 5.52. The second kappa shape index (κ2) is 5.71. The number of anilines is 1. The third-order valence-corrected chi connectivity index (χ3v) is 3.89. The van der Waals surface area contributed by atoms with Crippen LogP contribution in [-0.4, -0.2) is 30.1 Å². The zero-order valence-corrected chi connectivity index (χ0v) is 11.8. The number of aliphatic hydroxyl groups is 1. The van der Waals surface area contributed by atoms with Crippen LogP contribution in [-0.2, 0) is 0 Å². The van der Waals surface area contributed by atoms with Crippen molar-refractivity contribution in [2.75, 3.05) is 18.1 Å². The lowest BCUT2D eigenvalue weighted by Crippen LogP contribution is -2.42. The van der Waals surface area contributed by atoms with E-state index in [1.54, 1.807) is 0 Å². The summed E-state index contributed by atoms with van der Waals surface area (Å²) in [5.74, 6) is 0.0635. The normalized spacial score (nSPS) is 19.9. The van der Waals surface area contributed by atoms with Crippen molar-refractivity contribution in [3.63, 3.8) is 0 Å². The zero-order chi connectivity index (χ0) is 13.1. The van der Waals surface area contributed by atoms with Crippen molar-refractivity contribution < 1.29 is 5.11 Å². The molecule has 4 nitrogen and oxygen atoms in total. The quantitative estimate of drug-likeness (QED) is 0.591. The first kappa shape index (κ1) is 13.4. The molecule has 1 heterocycles. The number of piperidine rings is 1. The highest BCUT2D eigenvalue weighted by molar-refractivity contribution is 9.10. The number of nitrogens with one attached hydrogen (secondary N) is 1. The van der Waals surface area contributed by atoms with E-state index in [0.29, 0.717) is 0 Å². The number of aliphatic hydroxyl groups excluding tert-OH is 1. The van der Waals surface area contributed by atoms with Crippen molar-refractivity contribution >= 4 is 27.5 Å². The smallest absolute Gasteiger partial charge is 0.124 e. The van der Waals surface area contributed by atoms with Gasteiger partial charge in [0.05, 0.1) is 12.6 Å². The fourth-order valence-electron chi connectivity index (χ4n) is 2.48. The summed E-state index contributed by atoms with van der Waals surface area (Å²) in [4.78, 5) is 2.17. The predicted octanol–water partition coefficient (Wildman–Crippen LogP) is 2.08. The van der Waals surface area contributed by atoms with E-state index in [2.05, 4.69) is 20.8 Å². The van der Waals surface area contributed by atoms with Crippen molar-refractivity contribution in [1.82, 2.24) is 0 Å². The number of rotatable bonds is 3. The number of nitrogen functional groups attached to an aromatic ring is 1. The highest BCUT2D eigenvalue weighted by Gasteiger charge is 2.24. The average Bonchev–Trinajstić information content (AvgIpc) is 2.38. The number of halogens is 1. The molecule has 0 amide bonds. The molecule has 1 aromatic carbocycles. The van der Waals surface area contributed by atoms with Gasteiger partial charge in [-0.15, -0.1) is 0 Å². The van der Waals surface area contributed by atoms with E-state index >= 15 is 0 Å². The minimum atomic E-state index is 0.0635. The van der Waals surface area contributed by atoms with E-state index in [0.717, 1.165) is 41.5 Å². The van der Waals surface area contributed by atoms with Gasteiger partial charge in [0.2, 0.25) is 0 Å². The first-order valence-corrected chi connectivity index (χ1v) is 6.94. The number of nitrogens with two attached hydrogens (primary N) is 1. The highest BCUT2D eigenvalue weighted by atomic mass is 79.9. The maximum Gasteiger partial charge on any atom is 0.124 e. The van der Waals surface area contributed by atoms with Gasteiger partial charge in [0.1, 0.15) is 5.84 Å². The Balaban J connectivity index is 2.39. The van der Waals surface area contributed by atoms with Crippen LogP contribution in [0.2, 0.25) is 0 Å². The molecule has 2 rings (SSSR count). The summed E-state index contributed by atoms with van der Waals surface area (Å²) in [5.41, 5.74) is 7.33. The molecule has 0 spiro atoms.